The van der Waals surface area contributed by atoms with Gasteiger partial charge in [0.05, 0.1) is 5.60 Å². The van der Waals surface area contributed by atoms with Crippen LogP contribution >= 0.6 is 0 Å². The second-order valence-corrected chi connectivity index (χ2v) is 10.3. The van der Waals surface area contributed by atoms with Gasteiger partial charge in [-0.05, 0) is 63.8 Å². The first-order chi connectivity index (χ1) is 15.2. The molecule has 4 rings (SSSR count). The number of fused-ring (bicyclic) bond motifs is 1. The van der Waals surface area contributed by atoms with E-state index in [9.17, 15) is 9.00 Å². The number of furan rings is 1. The van der Waals surface area contributed by atoms with Crippen LogP contribution in [0.25, 0.3) is 22.6 Å². The molecule has 0 saturated carbocycles. The average Bonchev–Trinajstić information content (AvgIpc) is 3.40. The second kappa shape index (κ2) is 10.4. The van der Waals surface area contributed by atoms with Gasteiger partial charge in [0.25, 0.3) is 5.89 Å². The van der Waals surface area contributed by atoms with Crippen molar-refractivity contribution in [3.63, 3.8) is 0 Å². The third-order valence-corrected chi connectivity index (χ3v) is 6.30. The fourth-order valence-corrected chi connectivity index (χ4v) is 3.82. The third-order valence-electron chi connectivity index (χ3n) is 5.38. The van der Waals surface area contributed by atoms with Crippen molar-refractivity contribution in [2.24, 2.45) is 5.92 Å². The standard InChI is InChI=1S/C18H19N3O4S.C5H12O/c1-26(23)14-2-3-15-13(9-14)10-16(24-15)18-19-17(20-25-18)8-12-4-6-21(11-22)7-5-12;1-5(2,3)6-4/h2-3,9-12H,4-8H2,1H3;1-4H3. The van der Waals surface area contributed by atoms with Crippen molar-refractivity contribution >= 4 is 28.2 Å². The summed E-state index contributed by atoms with van der Waals surface area (Å²) in [5.74, 6) is 1.96. The lowest BCUT2D eigenvalue weighted by atomic mass is 9.93. The summed E-state index contributed by atoms with van der Waals surface area (Å²) in [7, 11) is 0.666. The van der Waals surface area contributed by atoms with Crippen molar-refractivity contribution < 1.29 is 22.7 Å². The number of ether oxygens (including phenoxy) is 1. The number of carbonyl (C=O) groups is 1. The summed E-state index contributed by atoms with van der Waals surface area (Å²) in [5.41, 5.74) is 0.732. The predicted octanol–water partition coefficient (Wildman–Crippen LogP) is 4.06. The fraction of sp³-hybridized carbons (Fsp3) is 0.522. The normalized spacial score (nSPS) is 16.0. The van der Waals surface area contributed by atoms with Gasteiger partial charge in [0.2, 0.25) is 6.41 Å². The van der Waals surface area contributed by atoms with Crippen molar-refractivity contribution in [1.82, 2.24) is 15.0 Å². The van der Waals surface area contributed by atoms with Gasteiger partial charge in [-0.1, -0.05) is 5.16 Å². The molecule has 0 aliphatic carbocycles. The Labute approximate surface area is 190 Å². The molecule has 1 aliphatic heterocycles. The zero-order valence-corrected chi connectivity index (χ0v) is 20.1. The molecule has 2 aromatic heterocycles. The first-order valence-corrected chi connectivity index (χ1v) is 12.2. The molecule has 1 saturated heterocycles. The van der Waals surface area contributed by atoms with Gasteiger partial charge in [0.1, 0.15) is 5.58 Å². The topological polar surface area (TPSA) is 98.7 Å². The van der Waals surface area contributed by atoms with E-state index in [1.807, 2.05) is 32.9 Å². The molecule has 32 heavy (non-hydrogen) atoms. The number of methoxy groups -OCH3 is 1. The molecular formula is C23H31N3O5S. The molecule has 0 N–H and O–H groups in total. The maximum absolute atomic E-state index is 11.6. The van der Waals surface area contributed by atoms with E-state index in [0.29, 0.717) is 29.0 Å². The monoisotopic (exact) mass is 461 g/mol. The van der Waals surface area contributed by atoms with Crippen LogP contribution in [0.3, 0.4) is 0 Å². The van der Waals surface area contributed by atoms with Crippen LogP contribution in [-0.4, -0.2) is 57.7 Å². The van der Waals surface area contributed by atoms with Gasteiger partial charge in [0, 0.05) is 54.0 Å². The molecular weight excluding hydrogens is 430 g/mol. The van der Waals surface area contributed by atoms with E-state index in [0.717, 1.165) is 49.0 Å². The Balaban J connectivity index is 0.000000427. The third kappa shape index (κ3) is 6.49. The maximum Gasteiger partial charge on any atom is 0.293 e. The Hall–Kier alpha value is -2.52. The minimum atomic E-state index is -1.04. The summed E-state index contributed by atoms with van der Waals surface area (Å²) in [6.07, 6.45) is 5.18. The highest BCUT2D eigenvalue weighted by Crippen LogP contribution is 2.29. The molecule has 0 bridgehead atoms. The maximum atomic E-state index is 11.6. The molecule has 1 atom stereocenters. The highest BCUT2D eigenvalue weighted by atomic mass is 32.2. The van der Waals surface area contributed by atoms with Gasteiger partial charge in [-0.2, -0.15) is 4.98 Å². The lowest BCUT2D eigenvalue weighted by Gasteiger charge is -2.28. The molecule has 1 aromatic carbocycles. The van der Waals surface area contributed by atoms with E-state index in [1.165, 1.54) is 0 Å². The summed E-state index contributed by atoms with van der Waals surface area (Å²) in [6.45, 7) is 7.63. The summed E-state index contributed by atoms with van der Waals surface area (Å²) < 4.78 is 27.7. The molecule has 0 spiro atoms. The Morgan fingerprint density at radius 3 is 2.53 bits per heavy atom. The van der Waals surface area contributed by atoms with Gasteiger partial charge >= 0.3 is 0 Å². The number of carbonyl (C=O) groups excluding carboxylic acids is 1. The first-order valence-electron chi connectivity index (χ1n) is 10.6. The zero-order valence-electron chi connectivity index (χ0n) is 19.3. The van der Waals surface area contributed by atoms with Gasteiger partial charge in [0.15, 0.2) is 11.6 Å². The molecule has 3 aromatic rings. The number of likely N-dealkylation sites (tertiary alicyclic amines) is 1. The molecule has 1 fully saturated rings. The average molecular weight is 462 g/mol. The van der Waals surface area contributed by atoms with Crippen LogP contribution in [0.2, 0.25) is 0 Å². The number of benzene rings is 1. The Bertz CT molecular complexity index is 1060. The summed E-state index contributed by atoms with van der Waals surface area (Å²) >= 11 is 0. The van der Waals surface area contributed by atoms with Crippen molar-refractivity contribution in [3.8, 4) is 11.7 Å². The Morgan fingerprint density at radius 1 is 1.25 bits per heavy atom. The van der Waals surface area contributed by atoms with Crippen LogP contribution < -0.4 is 0 Å². The van der Waals surface area contributed by atoms with Crippen molar-refractivity contribution in [3.05, 3.63) is 30.1 Å². The lowest BCUT2D eigenvalue weighted by molar-refractivity contribution is -0.119. The molecule has 3 heterocycles. The molecule has 9 heteroatoms. The van der Waals surface area contributed by atoms with Crippen LogP contribution in [0.1, 0.15) is 39.4 Å². The fourth-order valence-electron chi connectivity index (χ4n) is 3.26. The van der Waals surface area contributed by atoms with E-state index >= 15 is 0 Å². The molecule has 1 unspecified atom stereocenters. The van der Waals surface area contributed by atoms with Crippen LogP contribution in [0.5, 0.6) is 0 Å². The van der Waals surface area contributed by atoms with Crippen LogP contribution in [0.4, 0.5) is 0 Å². The van der Waals surface area contributed by atoms with Gasteiger partial charge < -0.3 is 18.6 Å². The predicted molar refractivity (Wildman–Crippen MR) is 123 cm³/mol. The lowest BCUT2D eigenvalue weighted by Crippen LogP contribution is -2.33. The molecule has 0 radical (unpaired) electrons. The van der Waals surface area contributed by atoms with Crippen LogP contribution in [0, 0.1) is 5.92 Å². The highest BCUT2D eigenvalue weighted by molar-refractivity contribution is 7.84. The van der Waals surface area contributed by atoms with Gasteiger partial charge in [-0.25, -0.2) is 0 Å². The van der Waals surface area contributed by atoms with Crippen molar-refractivity contribution in [1.29, 1.82) is 0 Å². The smallest absolute Gasteiger partial charge is 0.293 e. The summed E-state index contributed by atoms with van der Waals surface area (Å²) in [5, 5.41) is 4.92. The van der Waals surface area contributed by atoms with E-state index in [-0.39, 0.29) is 5.60 Å². The molecule has 8 nitrogen and oxygen atoms in total. The van der Waals surface area contributed by atoms with Gasteiger partial charge in [-0.15, -0.1) is 0 Å². The van der Waals surface area contributed by atoms with Crippen molar-refractivity contribution in [2.75, 3.05) is 26.5 Å². The van der Waals surface area contributed by atoms with E-state index in [1.54, 1.807) is 30.4 Å². The van der Waals surface area contributed by atoms with Crippen LogP contribution in [-0.2, 0) is 26.8 Å². The number of nitrogens with zero attached hydrogens (tertiary/aromatic N) is 3. The second-order valence-electron chi connectivity index (χ2n) is 8.89. The van der Waals surface area contributed by atoms with Crippen molar-refractivity contribution in [2.45, 2.75) is 50.5 Å². The van der Waals surface area contributed by atoms with Gasteiger partial charge in [-0.3, -0.25) is 9.00 Å². The minimum absolute atomic E-state index is 0.0417. The highest BCUT2D eigenvalue weighted by Gasteiger charge is 2.21. The largest absolute Gasteiger partial charge is 0.451 e. The van der Waals surface area contributed by atoms with E-state index in [4.69, 9.17) is 13.7 Å². The zero-order chi connectivity index (χ0) is 23.3. The van der Waals surface area contributed by atoms with Crippen LogP contribution in [0.15, 0.2) is 38.1 Å². The molecule has 1 amide bonds. The number of rotatable bonds is 5. The first kappa shape index (κ1) is 24.1. The Kier molecular flexibility index (Phi) is 7.84. The summed E-state index contributed by atoms with van der Waals surface area (Å²) in [4.78, 5) is 17.8. The molecule has 174 valence electrons. The summed E-state index contributed by atoms with van der Waals surface area (Å²) in [6, 6.07) is 7.26. The number of hydrogen-bond acceptors (Lipinski definition) is 7. The minimum Gasteiger partial charge on any atom is -0.451 e. The SMILES string of the molecule is COC(C)(C)C.CS(=O)c1ccc2oc(-c3nc(CC4CCN(C=O)CC4)no3)cc2c1. The number of amides is 1. The number of hydrogen-bond donors (Lipinski definition) is 0. The quantitative estimate of drug-likeness (QED) is 0.528. The Morgan fingerprint density at radius 2 is 1.94 bits per heavy atom. The molecule has 1 aliphatic rings. The van der Waals surface area contributed by atoms with E-state index in [2.05, 4.69) is 10.1 Å². The number of piperidine rings is 1. The van der Waals surface area contributed by atoms with E-state index < -0.39 is 10.8 Å². The number of aromatic nitrogens is 2.